The number of carbonyl (C=O) groups excluding carboxylic acids is 1. The van der Waals surface area contributed by atoms with Gasteiger partial charge in [0.1, 0.15) is 0 Å². The minimum atomic E-state index is -3.05. The van der Waals surface area contributed by atoms with Crippen LogP contribution in [0.4, 0.5) is 4.79 Å². The Hall–Kier alpha value is -1.31. The molecule has 8 heteroatoms. The number of carboxylic acid groups (broad SMARTS) is 1. The smallest absolute Gasteiger partial charge is 0.317 e. The summed E-state index contributed by atoms with van der Waals surface area (Å²) in [6, 6.07) is -1.13. The number of urea groups is 1. The van der Waals surface area contributed by atoms with E-state index in [-0.39, 0.29) is 17.5 Å². The third kappa shape index (κ3) is 3.14. The lowest BCUT2D eigenvalue weighted by Crippen LogP contribution is -2.52. The molecule has 7 nitrogen and oxygen atoms in total. The second kappa shape index (κ2) is 5.47. The number of nitrogens with zero attached hydrogens (tertiary/aromatic N) is 1. The van der Waals surface area contributed by atoms with Gasteiger partial charge in [0.05, 0.1) is 16.9 Å². The van der Waals surface area contributed by atoms with Crippen LogP contribution in [-0.4, -0.2) is 61.1 Å². The van der Waals surface area contributed by atoms with Gasteiger partial charge in [-0.3, -0.25) is 4.79 Å². The van der Waals surface area contributed by atoms with E-state index in [0.717, 1.165) is 6.42 Å². The molecule has 3 unspecified atom stereocenters. The fourth-order valence-electron chi connectivity index (χ4n) is 3.15. The first-order valence-corrected chi connectivity index (χ1v) is 8.95. The maximum atomic E-state index is 12.2. The van der Waals surface area contributed by atoms with E-state index in [2.05, 4.69) is 5.32 Å². The van der Waals surface area contributed by atoms with Crippen LogP contribution in [0, 0.1) is 5.41 Å². The number of nitrogens with one attached hydrogen (secondary N) is 1. The van der Waals surface area contributed by atoms with E-state index in [4.69, 9.17) is 0 Å². The second-order valence-corrected chi connectivity index (χ2v) is 8.51. The minimum absolute atomic E-state index is 0.0161. The van der Waals surface area contributed by atoms with Crippen LogP contribution in [0.3, 0.4) is 0 Å². The van der Waals surface area contributed by atoms with Crippen molar-refractivity contribution in [3.05, 3.63) is 0 Å². The highest BCUT2D eigenvalue weighted by atomic mass is 32.2. The highest BCUT2D eigenvalue weighted by Crippen LogP contribution is 2.38. The molecule has 1 saturated heterocycles. The summed E-state index contributed by atoms with van der Waals surface area (Å²) in [5.41, 5.74) is -0.946. The number of carbonyl (C=O) groups is 2. The number of aliphatic carboxylic acids is 1. The van der Waals surface area contributed by atoms with Crippen molar-refractivity contribution < 1.29 is 23.1 Å². The molecule has 0 aromatic rings. The third-order valence-corrected chi connectivity index (χ3v) is 6.57. The Labute approximate surface area is 124 Å². The van der Waals surface area contributed by atoms with Crippen molar-refractivity contribution in [1.29, 1.82) is 0 Å². The zero-order valence-corrected chi connectivity index (χ0v) is 13.1. The number of rotatable bonds is 3. The Morgan fingerprint density at radius 1 is 1.33 bits per heavy atom. The summed E-state index contributed by atoms with van der Waals surface area (Å²) in [6.07, 6.45) is 2.36. The molecule has 0 bridgehead atoms. The van der Waals surface area contributed by atoms with Crippen LogP contribution in [0.2, 0.25) is 0 Å². The standard InChI is InChI=1S/C13H22N2O5S/c1-13(11(16)17)6-3-4-10(13)14-12(18)15(2)9-5-7-21(19,20)8-9/h9-10H,3-8H2,1-2H3,(H,14,18)(H,16,17). The summed E-state index contributed by atoms with van der Waals surface area (Å²) in [5.74, 6) is -0.819. The van der Waals surface area contributed by atoms with Gasteiger partial charge in [0.15, 0.2) is 9.84 Å². The lowest BCUT2D eigenvalue weighted by molar-refractivity contribution is -0.148. The monoisotopic (exact) mass is 318 g/mol. The lowest BCUT2D eigenvalue weighted by atomic mass is 9.85. The van der Waals surface area contributed by atoms with Crippen molar-refractivity contribution in [2.75, 3.05) is 18.6 Å². The van der Waals surface area contributed by atoms with Crippen LogP contribution in [0.15, 0.2) is 0 Å². The van der Waals surface area contributed by atoms with E-state index in [1.54, 1.807) is 14.0 Å². The maximum Gasteiger partial charge on any atom is 0.317 e. The second-order valence-electron chi connectivity index (χ2n) is 6.28. The number of sulfone groups is 1. The number of hydrogen-bond acceptors (Lipinski definition) is 4. The van der Waals surface area contributed by atoms with Gasteiger partial charge >= 0.3 is 12.0 Å². The summed E-state index contributed by atoms with van der Waals surface area (Å²) in [7, 11) is -1.49. The van der Waals surface area contributed by atoms with E-state index in [0.29, 0.717) is 19.3 Å². The Bertz CT molecular complexity index is 547. The van der Waals surface area contributed by atoms with Crippen molar-refractivity contribution >= 4 is 21.8 Å². The SMILES string of the molecule is CN(C(=O)NC1CCCC1(C)C(=O)O)C1CCS(=O)(=O)C1. The average molecular weight is 318 g/mol. The summed E-state index contributed by atoms with van der Waals surface area (Å²) >= 11 is 0. The Morgan fingerprint density at radius 2 is 2.00 bits per heavy atom. The van der Waals surface area contributed by atoms with Gasteiger partial charge in [0, 0.05) is 19.1 Å². The van der Waals surface area contributed by atoms with Gasteiger partial charge in [-0.05, 0) is 26.2 Å². The largest absolute Gasteiger partial charge is 0.481 e. The Balaban J connectivity index is 2.00. The summed E-state index contributed by atoms with van der Waals surface area (Å²) in [6.45, 7) is 1.65. The fourth-order valence-corrected chi connectivity index (χ4v) is 4.93. The van der Waals surface area contributed by atoms with Crippen LogP contribution in [0.25, 0.3) is 0 Å². The van der Waals surface area contributed by atoms with Gasteiger partial charge in [-0.2, -0.15) is 0 Å². The molecule has 2 aliphatic rings. The van der Waals surface area contributed by atoms with Crippen LogP contribution in [-0.2, 0) is 14.6 Å². The quantitative estimate of drug-likeness (QED) is 0.786. The zero-order chi connectivity index (χ0) is 15.8. The van der Waals surface area contributed by atoms with Gasteiger partial charge in [0.25, 0.3) is 0 Å². The minimum Gasteiger partial charge on any atom is -0.481 e. The third-order valence-electron chi connectivity index (χ3n) is 4.82. The van der Waals surface area contributed by atoms with E-state index < -0.39 is 33.3 Å². The highest BCUT2D eigenvalue weighted by Gasteiger charge is 2.46. The first-order valence-electron chi connectivity index (χ1n) is 7.13. The predicted octanol–water partition coefficient (Wildman–Crippen LogP) is 0.458. The van der Waals surface area contributed by atoms with Gasteiger partial charge < -0.3 is 15.3 Å². The lowest BCUT2D eigenvalue weighted by Gasteiger charge is -2.31. The molecule has 1 heterocycles. The molecule has 2 rings (SSSR count). The number of amides is 2. The van der Waals surface area contributed by atoms with Crippen molar-refractivity contribution in [3.8, 4) is 0 Å². The normalized spacial score (nSPS) is 34.6. The highest BCUT2D eigenvalue weighted by molar-refractivity contribution is 7.91. The molecule has 21 heavy (non-hydrogen) atoms. The van der Waals surface area contributed by atoms with Gasteiger partial charge in [0.2, 0.25) is 0 Å². The van der Waals surface area contributed by atoms with Crippen molar-refractivity contribution in [1.82, 2.24) is 10.2 Å². The fraction of sp³-hybridized carbons (Fsp3) is 0.846. The van der Waals surface area contributed by atoms with Crippen molar-refractivity contribution in [2.24, 2.45) is 5.41 Å². The predicted molar refractivity (Wildman–Crippen MR) is 76.7 cm³/mol. The first-order chi connectivity index (χ1) is 9.66. The molecular formula is C13H22N2O5S. The molecule has 3 atom stereocenters. The summed E-state index contributed by atoms with van der Waals surface area (Å²) in [4.78, 5) is 25.0. The van der Waals surface area contributed by atoms with Crippen LogP contribution in [0.5, 0.6) is 0 Å². The topological polar surface area (TPSA) is 104 Å². The van der Waals surface area contributed by atoms with Crippen molar-refractivity contribution in [2.45, 2.75) is 44.7 Å². The molecule has 2 N–H and O–H groups in total. The molecule has 1 aliphatic heterocycles. The molecule has 0 radical (unpaired) electrons. The molecule has 0 aromatic heterocycles. The van der Waals surface area contributed by atoms with Crippen LogP contribution in [0.1, 0.15) is 32.6 Å². The average Bonchev–Trinajstić information content (AvgIpc) is 2.93. The number of carboxylic acids is 1. The molecule has 0 spiro atoms. The van der Waals surface area contributed by atoms with E-state index in [1.165, 1.54) is 4.90 Å². The molecule has 1 aliphatic carbocycles. The van der Waals surface area contributed by atoms with Crippen LogP contribution >= 0.6 is 0 Å². The van der Waals surface area contributed by atoms with E-state index in [1.807, 2.05) is 0 Å². The molecule has 2 fully saturated rings. The first kappa shape index (κ1) is 16.1. The zero-order valence-electron chi connectivity index (χ0n) is 12.3. The maximum absolute atomic E-state index is 12.2. The molecular weight excluding hydrogens is 296 g/mol. The molecule has 2 amide bonds. The molecule has 120 valence electrons. The van der Waals surface area contributed by atoms with Gasteiger partial charge in [-0.1, -0.05) is 6.42 Å². The van der Waals surface area contributed by atoms with E-state index >= 15 is 0 Å². The Morgan fingerprint density at radius 3 is 2.52 bits per heavy atom. The van der Waals surface area contributed by atoms with Crippen LogP contribution < -0.4 is 5.32 Å². The molecule has 0 aromatic carbocycles. The summed E-state index contributed by atoms with van der Waals surface area (Å²) < 4.78 is 22.9. The van der Waals surface area contributed by atoms with Gasteiger partial charge in [-0.25, -0.2) is 13.2 Å². The Kier molecular flexibility index (Phi) is 4.19. The van der Waals surface area contributed by atoms with Gasteiger partial charge in [-0.15, -0.1) is 0 Å². The summed E-state index contributed by atoms with van der Waals surface area (Å²) in [5, 5.41) is 12.1. The van der Waals surface area contributed by atoms with E-state index in [9.17, 15) is 23.1 Å². The molecule has 1 saturated carbocycles. The number of hydrogen-bond donors (Lipinski definition) is 2. The van der Waals surface area contributed by atoms with Crippen molar-refractivity contribution in [3.63, 3.8) is 0 Å².